The van der Waals surface area contributed by atoms with Gasteiger partial charge in [0.05, 0.1) is 0 Å². The van der Waals surface area contributed by atoms with Gasteiger partial charge in [0.15, 0.2) is 0 Å². The summed E-state index contributed by atoms with van der Waals surface area (Å²) < 4.78 is 5.84. The smallest absolute Gasteiger partial charge is 0.116 e. The number of ether oxygens (including phenoxy) is 1. The third-order valence-electron chi connectivity index (χ3n) is 2.03. The second-order valence-corrected chi connectivity index (χ2v) is 3.89. The Morgan fingerprint density at radius 3 is 2.62 bits per heavy atom. The minimum absolute atomic E-state index is 0.192. The average molecular weight is 223 g/mol. The Balaban J connectivity index is 4.51. The molecule has 0 aromatic carbocycles. The van der Waals surface area contributed by atoms with Crippen LogP contribution in [0.15, 0.2) is 35.6 Å². The zero-order valence-electron chi connectivity index (χ0n) is 11.2. The first kappa shape index (κ1) is 15.0. The maximum absolute atomic E-state index is 5.84. The van der Waals surface area contributed by atoms with Crippen LogP contribution in [-0.4, -0.2) is 19.7 Å². The molecule has 0 saturated carbocycles. The molecule has 2 heteroatoms. The van der Waals surface area contributed by atoms with Gasteiger partial charge in [-0.25, -0.2) is 0 Å². The number of nitrogens with one attached hydrogen (secondary N) is 1. The second-order valence-electron chi connectivity index (χ2n) is 3.89. The molecule has 0 fully saturated rings. The molecule has 0 aliphatic heterocycles. The molecule has 0 bridgehead atoms. The molecular formula is C14H25NO. The summed E-state index contributed by atoms with van der Waals surface area (Å²) in [6.45, 7) is 9.14. The summed E-state index contributed by atoms with van der Waals surface area (Å²) in [4.78, 5) is 0. The monoisotopic (exact) mass is 223 g/mol. The molecule has 0 aromatic heterocycles. The van der Waals surface area contributed by atoms with Crippen molar-refractivity contribution in [3.63, 3.8) is 0 Å². The minimum Gasteiger partial charge on any atom is -0.490 e. The van der Waals surface area contributed by atoms with Crippen LogP contribution in [0.5, 0.6) is 0 Å². The van der Waals surface area contributed by atoms with Crippen molar-refractivity contribution in [1.82, 2.24) is 5.32 Å². The van der Waals surface area contributed by atoms with Crippen molar-refractivity contribution in [2.24, 2.45) is 0 Å². The summed E-state index contributed by atoms with van der Waals surface area (Å²) in [5, 5.41) is 3.11. The van der Waals surface area contributed by atoms with Crippen molar-refractivity contribution in [3.8, 4) is 0 Å². The Kier molecular flexibility index (Phi) is 8.64. The molecule has 0 heterocycles. The van der Waals surface area contributed by atoms with Crippen molar-refractivity contribution >= 4 is 0 Å². The van der Waals surface area contributed by atoms with E-state index in [2.05, 4.69) is 44.3 Å². The lowest BCUT2D eigenvalue weighted by Crippen LogP contribution is -2.23. The molecule has 92 valence electrons. The van der Waals surface area contributed by atoms with Crippen LogP contribution in [0.25, 0.3) is 0 Å². The third kappa shape index (κ3) is 7.30. The van der Waals surface area contributed by atoms with Crippen molar-refractivity contribution in [2.75, 3.05) is 13.6 Å². The van der Waals surface area contributed by atoms with E-state index in [4.69, 9.17) is 4.74 Å². The first-order valence-corrected chi connectivity index (χ1v) is 5.96. The molecule has 16 heavy (non-hydrogen) atoms. The van der Waals surface area contributed by atoms with Gasteiger partial charge in [0.25, 0.3) is 0 Å². The first-order chi connectivity index (χ1) is 7.63. The van der Waals surface area contributed by atoms with E-state index < -0.39 is 0 Å². The zero-order chi connectivity index (χ0) is 12.4. The highest BCUT2D eigenvalue weighted by molar-refractivity contribution is 5.25. The minimum atomic E-state index is 0.192. The van der Waals surface area contributed by atoms with E-state index in [1.165, 1.54) is 5.57 Å². The molecule has 0 radical (unpaired) electrons. The van der Waals surface area contributed by atoms with Crippen molar-refractivity contribution < 1.29 is 4.74 Å². The Morgan fingerprint density at radius 1 is 1.44 bits per heavy atom. The van der Waals surface area contributed by atoms with Crippen LogP contribution in [0.4, 0.5) is 0 Å². The number of hydrogen-bond acceptors (Lipinski definition) is 2. The van der Waals surface area contributed by atoms with Crippen molar-refractivity contribution in [1.29, 1.82) is 0 Å². The van der Waals surface area contributed by atoms with Crippen LogP contribution < -0.4 is 5.32 Å². The van der Waals surface area contributed by atoms with Gasteiger partial charge in [-0.2, -0.15) is 0 Å². The number of rotatable bonds is 7. The van der Waals surface area contributed by atoms with Crippen LogP contribution in [0.2, 0.25) is 0 Å². The van der Waals surface area contributed by atoms with E-state index in [9.17, 15) is 0 Å². The fraction of sp³-hybridized carbons (Fsp3) is 0.571. The fourth-order valence-electron chi connectivity index (χ4n) is 1.44. The molecule has 0 spiro atoms. The molecule has 0 amide bonds. The van der Waals surface area contributed by atoms with Gasteiger partial charge in [0.2, 0.25) is 0 Å². The van der Waals surface area contributed by atoms with Crippen LogP contribution in [0.3, 0.4) is 0 Å². The predicted octanol–water partition coefficient (Wildman–Crippen LogP) is 3.43. The van der Waals surface area contributed by atoms with Crippen LogP contribution in [0, 0.1) is 0 Å². The maximum atomic E-state index is 5.84. The van der Waals surface area contributed by atoms with E-state index in [1.807, 2.05) is 20.0 Å². The first-order valence-electron chi connectivity index (χ1n) is 5.96. The lowest BCUT2D eigenvalue weighted by atomic mass is 10.2. The summed E-state index contributed by atoms with van der Waals surface area (Å²) >= 11 is 0. The number of allylic oxidation sites excluding steroid dienone is 5. The highest BCUT2D eigenvalue weighted by Crippen LogP contribution is 2.09. The summed E-state index contributed by atoms with van der Waals surface area (Å²) in [6.07, 6.45) is 9.48. The quantitative estimate of drug-likeness (QED) is 0.527. The molecule has 1 unspecified atom stereocenters. The summed E-state index contributed by atoms with van der Waals surface area (Å²) in [5.74, 6) is 0.959. The van der Waals surface area contributed by atoms with E-state index in [-0.39, 0.29) is 6.10 Å². The second kappa shape index (κ2) is 9.22. The molecule has 0 aliphatic rings. The van der Waals surface area contributed by atoms with Gasteiger partial charge in [-0.05, 0) is 52.0 Å². The Morgan fingerprint density at radius 2 is 2.12 bits per heavy atom. The van der Waals surface area contributed by atoms with Gasteiger partial charge in [-0.3, -0.25) is 0 Å². The number of hydrogen-bond donors (Lipinski definition) is 1. The molecule has 0 rings (SSSR count). The SMILES string of the molecule is C\C=C/C(C)=C\C(=C\CC)OC(C)CNC. The normalized spacial score (nSPS) is 15.6. The van der Waals surface area contributed by atoms with Gasteiger partial charge in [0, 0.05) is 6.54 Å². The highest BCUT2D eigenvalue weighted by atomic mass is 16.5. The largest absolute Gasteiger partial charge is 0.490 e. The van der Waals surface area contributed by atoms with E-state index in [0.717, 1.165) is 18.7 Å². The fourth-order valence-corrected chi connectivity index (χ4v) is 1.44. The van der Waals surface area contributed by atoms with Gasteiger partial charge in [-0.1, -0.05) is 19.1 Å². The van der Waals surface area contributed by atoms with Crippen LogP contribution in [-0.2, 0) is 4.74 Å². The van der Waals surface area contributed by atoms with Gasteiger partial charge in [0.1, 0.15) is 11.9 Å². The Hall–Kier alpha value is -1.02. The molecule has 0 aromatic rings. The van der Waals surface area contributed by atoms with E-state index in [1.54, 1.807) is 0 Å². The average Bonchev–Trinajstić information content (AvgIpc) is 2.18. The Labute approximate surface area is 100 Å². The molecular weight excluding hydrogens is 198 g/mol. The Bertz CT molecular complexity index is 264. The predicted molar refractivity (Wildman–Crippen MR) is 71.4 cm³/mol. The maximum Gasteiger partial charge on any atom is 0.116 e. The topological polar surface area (TPSA) is 21.3 Å². The molecule has 0 aliphatic carbocycles. The lowest BCUT2D eigenvalue weighted by Gasteiger charge is -2.15. The van der Waals surface area contributed by atoms with Crippen molar-refractivity contribution in [2.45, 2.75) is 40.2 Å². The van der Waals surface area contributed by atoms with Crippen LogP contribution in [0.1, 0.15) is 34.1 Å². The van der Waals surface area contributed by atoms with Gasteiger partial charge in [-0.15, -0.1) is 0 Å². The summed E-state index contributed by atoms with van der Waals surface area (Å²) in [5.41, 5.74) is 1.21. The van der Waals surface area contributed by atoms with Gasteiger partial charge >= 0.3 is 0 Å². The van der Waals surface area contributed by atoms with E-state index in [0.29, 0.717) is 0 Å². The zero-order valence-corrected chi connectivity index (χ0v) is 11.2. The lowest BCUT2D eigenvalue weighted by molar-refractivity contribution is 0.141. The summed E-state index contributed by atoms with van der Waals surface area (Å²) in [6, 6.07) is 0. The molecule has 1 N–H and O–H groups in total. The highest BCUT2D eigenvalue weighted by Gasteiger charge is 2.02. The standard InChI is InChI=1S/C14H25NO/c1-6-8-12(3)10-14(9-7-2)16-13(4)11-15-5/h6,8-10,13,15H,7,11H2,1-5H3/b8-6-,12-10-,14-9-. The molecule has 1 atom stereocenters. The van der Waals surface area contributed by atoms with Gasteiger partial charge < -0.3 is 10.1 Å². The third-order valence-corrected chi connectivity index (χ3v) is 2.03. The van der Waals surface area contributed by atoms with Crippen molar-refractivity contribution in [3.05, 3.63) is 35.6 Å². The van der Waals surface area contributed by atoms with E-state index >= 15 is 0 Å². The molecule has 2 nitrogen and oxygen atoms in total. The number of likely N-dealkylation sites (N-methyl/N-ethyl adjacent to an activating group) is 1. The summed E-state index contributed by atoms with van der Waals surface area (Å²) in [7, 11) is 1.93. The van der Waals surface area contributed by atoms with Crippen LogP contribution >= 0.6 is 0 Å². The molecule has 0 saturated heterocycles.